The van der Waals surface area contributed by atoms with Crippen molar-refractivity contribution in [1.29, 1.82) is 0 Å². The van der Waals surface area contributed by atoms with E-state index in [2.05, 4.69) is 24.1 Å². The third kappa shape index (κ3) is 10.8. The predicted octanol–water partition coefficient (Wildman–Crippen LogP) is 5.00. The number of carbonyl (C=O) groups is 3. The van der Waals surface area contributed by atoms with Crippen molar-refractivity contribution in [2.75, 3.05) is 25.1 Å². The molecule has 2 N–H and O–H groups in total. The fourth-order valence-corrected chi connectivity index (χ4v) is 4.10. The zero-order valence-corrected chi connectivity index (χ0v) is 23.0. The van der Waals surface area contributed by atoms with E-state index in [9.17, 15) is 14.4 Å². The third-order valence-corrected chi connectivity index (χ3v) is 5.98. The average Bonchev–Trinajstić information content (AvgIpc) is 2.78. The fraction of sp³-hybridized carbons (Fsp3) is 0.593. The van der Waals surface area contributed by atoms with Gasteiger partial charge in [-0.1, -0.05) is 50.1 Å². The van der Waals surface area contributed by atoms with Crippen LogP contribution in [0.5, 0.6) is 0 Å². The van der Waals surface area contributed by atoms with Crippen molar-refractivity contribution in [3.63, 3.8) is 0 Å². The molecular formula is C27H43N3O4S. The second-order valence-corrected chi connectivity index (χ2v) is 10.5. The minimum atomic E-state index is -0.847. The highest BCUT2D eigenvalue weighted by atomic mass is 32.2. The Kier molecular flexibility index (Phi) is 13.5. The van der Waals surface area contributed by atoms with Crippen LogP contribution in [0.15, 0.2) is 36.9 Å². The van der Waals surface area contributed by atoms with Crippen LogP contribution in [0, 0.1) is 6.92 Å². The normalized spacial score (nSPS) is 12.9. The maximum absolute atomic E-state index is 13.9. The molecule has 0 heterocycles. The molecule has 7 nitrogen and oxygen atoms in total. The second kappa shape index (κ2) is 15.5. The highest BCUT2D eigenvalue weighted by Crippen LogP contribution is 2.26. The number of benzene rings is 1. The summed E-state index contributed by atoms with van der Waals surface area (Å²) in [5.74, 6) is 0.0695. The van der Waals surface area contributed by atoms with Gasteiger partial charge >= 0.3 is 6.09 Å². The van der Waals surface area contributed by atoms with Gasteiger partial charge in [0.2, 0.25) is 11.8 Å². The lowest BCUT2D eigenvalue weighted by Crippen LogP contribution is -2.53. The van der Waals surface area contributed by atoms with Gasteiger partial charge in [-0.3, -0.25) is 9.59 Å². The molecule has 0 radical (unpaired) electrons. The second-order valence-electron chi connectivity index (χ2n) is 9.52. The summed E-state index contributed by atoms with van der Waals surface area (Å²) >= 11 is 1.58. The summed E-state index contributed by atoms with van der Waals surface area (Å²) < 4.78 is 5.40. The van der Waals surface area contributed by atoms with E-state index in [4.69, 9.17) is 4.74 Å². The van der Waals surface area contributed by atoms with Gasteiger partial charge < -0.3 is 20.3 Å². The summed E-state index contributed by atoms with van der Waals surface area (Å²) in [6, 6.07) is 5.87. The van der Waals surface area contributed by atoms with Crippen LogP contribution in [-0.2, 0) is 14.3 Å². The number of nitrogens with one attached hydrogen (secondary N) is 2. The minimum Gasteiger partial charge on any atom is -0.444 e. The van der Waals surface area contributed by atoms with Gasteiger partial charge in [-0.2, -0.15) is 11.8 Å². The van der Waals surface area contributed by atoms with Crippen molar-refractivity contribution in [3.05, 3.63) is 48.0 Å². The predicted molar refractivity (Wildman–Crippen MR) is 145 cm³/mol. The molecule has 2 unspecified atom stereocenters. The van der Waals surface area contributed by atoms with Crippen LogP contribution in [-0.4, -0.2) is 59.5 Å². The molecule has 0 saturated heterocycles. The van der Waals surface area contributed by atoms with Crippen molar-refractivity contribution < 1.29 is 19.1 Å². The Balaban J connectivity index is 3.34. The maximum atomic E-state index is 13.9. The van der Waals surface area contributed by atoms with E-state index >= 15 is 0 Å². The Morgan fingerprint density at radius 1 is 1.20 bits per heavy atom. The van der Waals surface area contributed by atoms with Crippen molar-refractivity contribution in [2.45, 2.75) is 78.0 Å². The molecule has 1 aromatic carbocycles. The molecule has 0 aliphatic carbocycles. The molecule has 0 saturated carbocycles. The first-order valence-electron chi connectivity index (χ1n) is 12.3. The molecule has 2 atom stereocenters. The van der Waals surface area contributed by atoms with E-state index in [1.807, 2.05) is 37.4 Å². The largest absolute Gasteiger partial charge is 0.444 e. The summed E-state index contributed by atoms with van der Waals surface area (Å²) in [7, 11) is 0. The van der Waals surface area contributed by atoms with Crippen LogP contribution in [0.2, 0.25) is 0 Å². The number of thioether (sulfide) groups is 1. The van der Waals surface area contributed by atoms with Crippen molar-refractivity contribution in [2.24, 2.45) is 0 Å². The van der Waals surface area contributed by atoms with E-state index in [1.54, 1.807) is 38.6 Å². The zero-order valence-electron chi connectivity index (χ0n) is 22.2. The summed E-state index contributed by atoms with van der Waals surface area (Å²) in [6.07, 6.45) is 6.22. The van der Waals surface area contributed by atoms with Crippen molar-refractivity contribution >= 4 is 29.7 Å². The van der Waals surface area contributed by atoms with Gasteiger partial charge in [0, 0.05) is 13.1 Å². The van der Waals surface area contributed by atoms with E-state index in [-0.39, 0.29) is 18.4 Å². The van der Waals surface area contributed by atoms with E-state index in [1.165, 1.54) is 4.90 Å². The Morgan fingerprint density at radius 3 is 2.46 bits per heavy atom. The first kappa shape index (κ1) is 30.6. The van der Waals surface area contributed by atoms with Gasteiger partial charge in [-0.15, -0.1) is 6.58 Å². The lowest BCUT2D eigenvalue weighted by atomic mass is 9.97. The van der Waals surface area contributed by atoms with E-state index < -0.39 is 23.8 Å². The molecule has 196 valence electrons. The lowest BCUT2D eigenvalue weighted by molar-refractivity contribution is -0.141. The number of aryl methyl sites for hydroxylation is 1. The molecule has 3 amide bonds. The van der Waals surface area contributed by atoms with Gasteiger partial charge in [0.1, 0.15) is 17.7 Å². The average molecular weight is 506 g/mol. The highest BCUT2D eigenvalue weighted by Gasteiger charge is 2.36. The smallest absolute Gasteiger partial charge is 0.408 e. The van der Waals surface area contributed by atoms with Crippen molar-refractivity contribution in [3.8, 4) is 0 Å². The Morgan fingerprint density at radius 2 is 1.89 bits per heavy atom. The number of ether oxygens (including phenoxy) is 1. The molecule has 0 aromatic heterocycles. The number of carbonyl (C=O) groups excluding carboxylic acids is 3. The molecule has 0 fully saturated rings. The number of hydrogen-bond acceptors (Lipinski definition) is 5. The van der Waals surface area contributed by atoms with Gasteiger partial charge in [-0.25, -0.2) is 4.79 Å². The monoisotopic (exact) mass is 505 g/mol. The number of alkyl carbamates (subject to hydrolysis) is 1. The number of amides is 3. The quantitative estimate of drug-likeness (QED) is 0.274. The van der Waals surface area contributed by atoms with Gasteiger partial charge in [0.15, 0.2) is 0 Å². The van der Waals surface area contributed by atoms with E-state index in [0.29, 0.717) is 18.7 Å². The number of nitrogens with zero attached hydrogens (tertiary/aromatic N) is 1. The standard InChI is InChI=1S/C27H43N3O4S/c1-8-10-13-17-28-24(31)23(21-15-12-11-14-20(21)3)30(18-9-2)25(32)22(16-19-35-7)29-26(33)34-27(4,5)6/h9,11-12,14-15,22-23H,2,8,10,13,16-19H2,1,3-7H3,(H,28,31)(H,29,33). The summed E-state index contributed by atoms with van der Waals surface area (Å²) in [4.78, 5) is 41.4. The van der Waals surface area contributed by atoms with E-state index in [0.717, 1.165) is 30.4 Å². The first-order valence-corrected chi connectivity index (χ1v) is 13.7. The molecular weight excluding hydrogens is 462 g/mol. The number of rotatable bonds is 14. The number of hydrogen-bond donors (Lipinski definition) is 2. The van der Waals surface area contributed by atoms with Gasteiger partial charge in [0.05, 0.1) is 0 Å². The first-order chi connectivity index (χ1) is 16.6. The molecule has 35 heavy (non-hydrogen) atoms. The van der Waals surface area contributed by atoms with Gasteiger partial charge in [-0.05, 0) is 63.7 Å². The molecule has 8 heteroatoms. The Hall–Kier alpha value is -2.48. The van der Waals surface area contributed by atoms with Crippen molar-refractivity contribution in [1.82, 2.24) is 15.5 Å². The molecule has 0 bridgehead atoms. The fourth-order valence-electron chi connectivity index (χ4n) is 3.63. The Bertz CT molecular complexity index is 838. The van der Waals surface area contributed by atoms with Gasteiger partial charge in [0.25, 0.3) is 0 Å². The molecule has 0 aliphatic heterocycles. The van der Waals surface area contributed by atoms with Crippen LogP contribution in [0.1, 0.15) is 70.5 Å². The molecule has 0 aliphatic rings. The van der Waals surface area contributed by atoms with Crippen LogP contribution < -0.4 is 10.6 Å². The molecule has 1 aromatic rings. The molecule has 0 spiro atoms. The minimum absolute atomic E-state index is 0.159. The lowest BCUT2D eigenvalue weighted by Gasteiger charge is -2.34. The third-order valence-electron chi connectivity index (χ3n) is 5.33. The summed E-state index contributed by atoms with van der Waals surface area (Å²) in [6.45, 7) is 13.9. The van der Waals surface area contributed by atoms with Crippen LogP contribution in [0.4, 0.5) is 4.79 Å². The number of unbranched alkanes of at least 4 members (excludes halogenated alkanes) is 2. The maximum Gasteiger partial charge on any atom is 0.408 e. The summed E-state index contributed by atoms with van der Waals surface area (Å²) in [5, 5.41) is 5.74. The zero-order chi connectivity index (χ0) is 26.4. The SMILES string of the molecule is C=CCN(C(=O)C(CCSC)NC(=O)OC(C)(C)C)C(C(=O)NCCCCC)c1ccccc1C. The molecule has 1 rings (SSSR count). The highest BCUT2D eigenvalue weighted by molar-refractivity contribution is 7.98. The topological polar surface area (TPSA) is 87.7 Å². The van der Waals surface area contributed by atoms with Crippen LogP contribution in [0.25, 0.3) is 0 Å². The van der Waals surface area contributed by atoms with Crippen LogP contribution in [0.3, 0.4) is 0 Å². The van der Waals surface area contributed by atoms with Crippen LogP contribution >= 0.6 is 11.8 Å². The summed E-state index contributed by atoms with van der Waals surface area (Å²) in [5.41, 5.74) is 0.959. The Labute approximate surface area is 215 Å².